The first kappa shape index (κ1) is 18.1. The third-order valence-corrected chi connectivity index (χ3v) is 2.81. The van der Waals surface area contributed by atoms with Crippen LogP contribution >= 0.6 is 0 Å². The normalized spacial score (nSPS) is 10.8. The average Bonchev–Trinajstić information content (AvgIpc) is 2.54. The van der Waals surface area contributed by atoms with Gasteiger partial charge in [-0.05, 0) is 48.5 Å². The molecule has 0 unspecified atom stereocenters. The van der Waals surface area contributed by atoms with E-state index in [1.165, 1.54) is 24.3 Å². The van der Waals surface area contributed by atoms with Gasteiger partial charge in [-0.25, -0.2) is 4.79 Å². The van der Waals surface area contributed by atoms with Crippen molar-refractivity contribution < 1.29 is 37.3 Å². The van der Waals surface area contributed by atoms with E-state index in [4.69, 9.17) is 9.84 Å². The molecule has 0 saturated carbocycles. The number of carbonyl (C=O) groups is 2. The molecule has 2 rings (SSSR count). The third-order valence-electron chi connectivity index (χ3n) is 2.81. The monoisotopic (exact) mass is 355 g/mol. The van der Waals surface area contributed by atoms with Crippen LogP contribution in [0.5, 0.6) is 11.5 Å². The maximum atomic E-state index is 12.0. The molecule has 2 N–H and O–H groups in total. The summed E-state index contributed by atoms with van der Waals surface area (Å²) in [5.41, 5.74) is 0.361. The number of aromatic hydroxyl groups is 1. The van der Waals surface area contributed by atoms with Crippen LogP contribution in [0.1, 0.15) is 10.4 Å². The van der Waals surface area contributed by atoms with Gasteiger partial charge in [0.2, 0.25) is 0 Å². The summed E-state index contributed by atoms with van der Waals surface area (Å²) in [6, 6.07) is 9.73. The summed E-state index contributed by atoms with van der Waals surface area (Å²) in [6.45, 7) is -0.583. The van der Waals surface area contributed by atoms with Gasteiger partial charge in [0, 0.05) is 5.69 Å². The van der Waals surface area contributed by atoms with Gasteiger partial charge in [0.25, 0.3) is 5.91 Å². The van der Waals surface area contributed by atoms with E-state index in [2.05, 4.69) is 10.1 Å². The highest BCUT2D eigenvalue weighted by molar-refractivity contribution is 5.95. The zero-order chi connectivity index (χ0) is 18.4. The van der Waals surface area contributed by atoms with Gasteiger partial charge >= 0.3 is 12.3 Å². The van der Waals surface area contributed by atoms with Crippen LogP contribution < -0.4 is 10.1 Å². The Balaban J connectivity index is 1.85. The smallest absolute Gasteiger partial charge is 0.508 e. The number of carbonyl (C=O) groups excluding carboxylic acids is 2. The molecule has 2 aromatic rings. The Hall–Kier alpha value is -3.23. The van der Waals surface area contributed by atoms with Crippen molar-refractivity contribution in [3.8, 4) is 11.5 Å². The van der Waals surface area contributed by atoms with Gasteiger partial charge in [0.1, 0.15) is 11.5 Å². The number of anilines is 1. The van der Waals surface area contributed by atoms with Crippen LogP contribution in [0.3, 0.4) is 0 Å². The molecule has 0 saturated heterocycles. The minimum absolute atomic E-state index is 0.0300. The fourth-order valence-electron chi connectivity index (χ4n) is 1.75. The van der Waals surface area contributed by atoms with Crippen molar-refractivity contribution in [1.82, 2.24) is 0 Å². The maximum absolute atomic E-state index is 12.0. The van der Waals surface area contributed by atoms with Crippen molar-refractivity contribution >= 4 is 17.6 Å². The van der Waals surface area contributed by atoms with Crippen LogP contribution in [0.25, 0.3) is 0 Å². The Labute approximate surface area is 139 Å². The molecule has 9 heteroatoms. The summed E-state index contributed by atoms with van der Waals surface area (Å²) >= 11 is 0. The third kappa shape index (κ3) is 6.05. The first-order valence-electron chi connectivity index (χ1n) is 6.85. The van der Waals surface area contributed by atoms with Crippen LogP contribution in [0.4, 0.5) is 18.9 Å². The number of phenols is 1. The number of rotatable bonds is 5. The number of hydrogen-bond acceptors (Lipinski definition) is 5. The molecule has 25 heavy (non-hydrogen) atoms. The topological polar surface area (TPSA) is 84.9 Å². The minimum atomic E-state index is -4.83. The van der Waals surface area contributed by atoms with Gasteiger partial charge in [-0.3, -0.25) is 4.79 Å². The van der Waals surface area contributed by atoms with Crippen molar-refractivity contribution in [3.05, 3.63) is 54.1 Å². The number of nitrogens with one attached hydrogen (secondary N) is 1. The molecule has 2 aromatic carbocycles. The minimum Gasteiger partial charge on any atom is -0.508 e. The zero-order valence-electron chi connectivity index (χ0n) is 12.5. The quantitative estimate of drug-likeness (QED) is 0.636. The van der Waals surface area contributed by atoms with Crippen LogP contribution in [0.2, 0.25) is 0 Å². The average molecular weight is 355 g/mol. The molecule has 132 valence electrons. The van der Waals surface area contributed by atoms with E-state index >= 15 is 0 Å². The van der Waals surface area contributed by atoms with Gasteiger partial charge in [-0.15, -0.1) is 13.2 Å². The van der Waals surface area contributed by atoms with Gasteiger partial charge in [0.05, 0.1) is 5.56 Å². The number of phenolic OH excluding ortho intramolecular Hbond substituents is 1. The SMILES string of the molecule is O=C(COC(=O)c1ccc(OC(F)(F)F)cc1)Nc1ccc(O)cc1. The first-order chi connectivity index (χ1) is 11.7. The number of halogens is 3. The van der Waals surface area contributed by atoms with Crippen LogP contribution in [0, 0.1) is 0 Å². The highest BCUT2D eigenvalue weighted by Crippen LogP contribution is 2.22. The molecule has 0 aliphatic heterocycles. The molecule has 0 atom stereocenters. The van der Waals surface area contributed by atoms with E-state index in [1.807, 2.05) is 0 Å². The maximum Gasteiger partial charge on any atom is 0.573 e. The summed E-state index contributed by atoms with van der Waals surface area (Å²) in [7, 11) is 0. The highest BCUT2D eigenvalue weighted by Gasteiger charge is 2.31. The van der Waals surface area contributed by atoms with Gasteiger partial charge in [-0.2, -0.15) is 0 Å². The van der Waals surface area contributed by atoms with Crippen molar-refractivity contribution in [2.75, 3.05) is 11.9 Å². The van der Waals surface area contributed by atoms with Gasteiger partial charge in [-0.1, -0.05) is 0 Å². The Morgan fingerprint density at radius 3 is 2.16 bits per heavy atom. The standard InChI is InChI=1S/C16H12F3NO5/c17-16(18,19)25-13-7-1-10(2-8-13)15(23)24-9-14(22)20-11-3-5-12(21)6-4-11/h1-8,21H,9H2,(H,20,22). The molecule has 0 aliphatic carbocycles. The molecule has 0 heterocycles. The Morgan fingerprint density at radius 1 is 1.00 bits per heavy atom. The summed E-state index contributed by atoms with van der Waals surface area (Å²) in [6.07, 6.45) is -4.83. The summed E-state index contributed by atoms with van der Waals surface area (Å²) in [5, 5.41) is 11.6. The molecular weight excluding hydrogens is 343 g/mol. The zero-order valence-corrected chi connectivity index (χ0v) is 12.5. The highest BCUT2D eigenvalue weighted by atomic mass is 19.4. The molecule has 0 bridgehead atoms. The second-order valence-electron chi connectivity index (χ2n) is 4.74. The number of esters is 1. The van der Waals surface area contributed by atoms with Crippen molar-refractivity contribution in [3.63, 3.8) is 0 Å². The molecule has 0 aliphatic rings. The summed E-state index contributed by atoms with van der Waals surface area (Å²) in [5.74, 6) is -1.94. The lowest BCUT2D eigenvalue weighted by Crippen LogP contribution is -2.21. The Morgan fingerprint density at radius 2 is 1.60 bits per heavy atom. The van der Waals surface area contributed by atoms with Gasteiger partial charge in [0.15, 0.2) is 6.61 Å². The predicted octanol–water partition coefficient (Wildman–Crippen LogP) is 3.09. The second-order valence-corrected chi connectivity index (χ2v) is 4.74. The summed E-state index contributed by atoms with van der Waals surface area (Å²) < 4.78 is 44.6. The molecule has 0 aromatic heterocycles. The lowest BCUT2D eigenvalue weighted by Gasteiger charge is -2.09. The van der Waals surface area contributed by atoms with Crippen molar-refractivity contribution in [2.45, 2.75) is 6.36 Å². The fourth-order valence-corrected chi connectivity index (χ4v) is 1.75. The Bertz CT molecular complexity index is 742. The fraction of sp³-hybridized carbons (Fsp3) is 0.125. The summed E-state index contributed by atoms with van der Waals surface area (Å²) in [4.78, 5) is 23.4. The van der Waals surface area contributed by atoms with Crippen LogP contribution in [-0.2, 0) is 9.53 Å². The van der Waals surface area contributed by atoms with Crippen LogP contribution in [0.15, 0.2) is 48.5 Å². The Kier molecular flexibility index (Phi) is 5.48. The molecule has 0 radical (unpaired) electrons. The first-order valence-corrected chi connectivity index (χ1v) is 6.85. The van der Waals surface area contributed by atoms with E-state index in [0.29, 0.717) is 5.69 Å². The number of ether oxygens (including phenoxy) is 2. The van der Waals surface area contributed by atoms with E-state index in [9.17, 15) is 22.8 Å². The van der Waals surface area contributed by atoms with Gasteiger partial charge < -0.3 is 19.9 Å². The van der Waals surface area contributed by atoms with E-state index in [0.717, 1.165) is 24.3 Å². The van der Waals surface area contributed by atoms with E-state index in [1.54, 1.807) is 0 Å². The molecule has 6 nitrogen and oxygen atoms in total. The molecule has 0 spiro atoms. The lowest BCUT2D eigenvalue weighted by molar-refractivity contribution is -0.274. The number of benzene rings is 2. The molecule has 1 amide bonds. The number of alkyl halides is 3. The number of amides is 1. The lowest BCUT2D eigenvalue weighted by atomic mass is 10.2. The largest absolute Gasteiger partial charge is 0.573 e. The predicted molar refractivity (Wildman–Crippen MR) is 80.1 cm³/mol. The molecule has 0 fully saturated rings. The van der Waals surface area contributed by atoms with E-state index < -0.39 is 30.6 Å². The van der Waals surface area contributed by atoms with E-state index in [-0.39, 0.29) is 11.3 Å². The molecular formula is C16H12F3NO5. The second kappa shape index (κ2) is 7.56. The number of hydrogen-bond donors (Lipinski definition) is 2. The van der Waals surface area contributed by atoms with Crippen LogP contribution in [-0.4, -0.2) is 30.0 Å². The van der Waals surface area contributed by atoms with Crippen molar-refractivity contribution in [2.24, 2.45) is 0 Å². The van der Waals surface area contributed by atoms with Crippen molar-refractivity contribution in [1.29, 1.82) is 0 Å².